The van der Waals surface area contributed by atoms with Crippen LogP contribution in [0.5, 0.6) is 0 Å². The zero-order valence-electron chi connectivity index (χ0n) is 6.78. The fourth-order valence-corrected chi connectivity index (χ4v) is 0.408. The first-order valence-corrected chi connectivity index (χ1v) is 3.00. The smallest absolute Gasteiger partial charge is 0.0302 e. The highest BCUT2D eigenvalue weighted by Gasteiger charge is 2.01. The molecule has 7 heavy (non-hydrogen) atoms. The Balaban J connectivity index is 3.71. The van der Waals surface area contributed by atoms with Gasteiger partial charge in [0.05, 0.1) is 0 Å². The maximum atomic E-state index is 7.63. The van der Waals surface area contributed by atoms with Crippen LogP contribution in [0.15, 0.2) is 0 Å². The molecule has 0 aliphatic rings. The van der Waals surface area contributed by atoms with E-state index in [4.69, 9.17) is 1.37 Å². The van der Waals surface area contributed by atoms with Crippen molar-refractivity contribution in [2.24, 2.45) is 11.8 Å². The fourth-order valence-electron chi connectivity index (χ4n) is 0.408. The topological polar surface area (TPSA) is 0 Å². The number of rotatable bonds is 2. The van der Waals surface area contributed by atoms with Crippen molar-refractivity contribution in [1.29, 1.82) is 0 Å². The highest BCUT2D eigenvalue weighted by molar-refractivity contribution is 4.52. The molecule has 0 saturated heterocycles. The monoisotopic (exact) mass is 101 g/mol. The van der Waals surface area contributed by atoms with E-state index in [-0.39, 0.29) is 5.89 Å². The molecular formula is C7H16. The quantitative estimate of drug-likeness (QED) is 0.501. The lowest BCUT2D eigenvalue weighted by Gasteiger charge is -2.10. The van der Waals surface area contributed by atoms with Crippen LogP contribution in [0.25, 0.3) is 0 Å². The lowest BCUT2D eigenvalue weighted by atomic mass is 9.96. The second kappa shape index (κ2) is 3.06. The van der Waals surface area contributed by atoms with Crippen molar-refractivity contribution in [3.05, 3.63) is 0 Å². The first kappa shape index (κ1) is 5.14. The van der Waals surface area contributed by atoms with E-state index in [9.17, 15) is 0 Å². The average Bonchev–Trinajstić information content (AvgIpc) is 1.67. The van der Waals surface area contributed by atoms with Gasteiger partial charge in [-0.25, -0.2) is 0 Å². The molecule has 0 aromatic rings. The standard InChI is InChI=1S/C7H16/c1-5-7(4)6(2)3/h6-7H,5H2,1-4H3/i7D. The van der Waals surface area contributed by atoms with Gasteiger partial charge in [0.1, 0.15) is 0 Å². The number of hydrogen-bond donors (Lipinski definition) is 0. The summed E-state index contributed by atoms with van der Waals surface area (Å²) in [5.74, 6) is 0.271. The van der Waals surface area contributed by atoms with Gasteiger partial charge in [0.15, 0.2) is 0 Å². The predicted octanol–water partition coefficient (Wildman–Crippen LogP) is 2.69. The fraction of sp³-hybridized carbons (Fsp3) is 1.00. The SMILES string of the molecule is [2H]C(C)(CC)C(C)C. The normalized spacial score (nSPS) is 21.6. The molecule has 0 N–H and O–H groups in total. The van der Waals surface area contributed by atoms with Crippen LogP contribution in [0, 0.1) is 11.8 Å². The molecule has 0 rings (SSSR count). The molecule has 0 radical (unpaired) electrons. The summed E-state index contributed by atoms with van der Waals surface area (Å²) in [5.41, 5.74) is 0. The molecule has 1 unspecified atom stereocenters. The third-order valence-corrected chi connectivity index (χ3v) is 1.54. The van der Waals surface area contributed by atoms with Crippen molar-refractivity contribution in [2.45, 2.75) is 34.1 Å². The minimum Gasteiger partial charge on any atom is -0.0651 e. The van der Waals surface area contributed by atoms with Gasteiger partial charge in [0, 0.05) is 1.37 Å². The lowest BCUT2D eigenvalue weighted by Crippen LogP contribution is -2.00. The molecule has 0 saturated carbocycles. The molecule has 0 spiro atoms. The van der Waals surface area contributed by atoms with E-state index in [2.05, 4.69) is 20.8 Å². The van der Waals surface area contributed by atoms with Crippen LogP contribution in [0.4, 0.5) is 0 Å². The molecule has 0 heterocycles. The minimum absolute atomic E-state index is 0.208. The van der Waals surface area contributed by atoms with Gasteiger partial charge in [0.25, 0.3) is 0 Å². The lowest BCUT2D eigenvalue weighted by molar-refractivity contribution is 0.407. The van der Waals surface area contributed by atoms with E-state index < -0.39 is 0 Å². The average molecular weight is 101 g/mol. The van der Waals surface area contributed by atoms with Crippen molar-refractivity contribution >= 4 is 0 Å². The molecular weight excluding hydrogens is 84.1 g/mol. The molecule has 1 atom stereocenters. The zero-order chi connectivity index (χ0) is 6.78. The molecule has 0 amide bonds. The van der Waals surface area contributed by atoms with E-state index in [1.807, 2.05) is 6.92 Å². The van der Waals surface area contributed by atoms with E-state index in [0.29, 0.717) is 5.92 Å². The predicted molar refractivity (Wildman–Crippen MR) is 34.3 cm³/mol. The van der Waals surface area contributed by atoms with Crippen molar-refractivity contribution in [2.75, 3.05) is 0 Å². The highest BCUT2D eigenvalue weighted by Crippen LogP contribution is 2.11. The van der Waals surface area contributed by atoms with Crippen molar-refractivity contribution in [3.8, 4) is 0 Å². The largest absolute Gasteiger partial charge is 0.0651 e. The van der Waals surface area contributed by atoms with Crippen molar-refractivity contribution in [1.82, 2.24) is 0 Å². The van der Waals surface area contributed by atoms with Crippen LogP contribution >= 0.6 is 0 Å². The van der Waals surface area contributed by atoms with Crippen LogP contribution in [0.1, 0.15) is 35.5 Å². The summed E-state index contributed by atoms with van der Waals surface area (Å²) in [6.07, 6.45) is 0.949. The molecule has 0 aromatic heterocycles. The van der Waals surface area contributed by atoms with Crippen LogP contribution in [0.2, 0.25) is 0 Å². The van der Waals surface area contributed by atoms with E-state index >= 15 is 0 Å². The first-order valence-electron chi connectivity index (χ1n) is 3.50. The summed E-state index contributed by atoms with van der Waals surface area (Å²) < 4.78 is 7.63. The first-order chi connectivity index (χ1) is 3.50. The van der Waals surface area contributed by atoms with Crippen LogP contribution in [-0.2, 0) is 0 Å². The summed E-state index contributed by atoms with van der Waals surface area (Å²) in [6, 6.07) is 0. The maximum absolute atomic E-state index is 7.63. The molecule has 0 bridgehead atoms. The van der Waals surface area contributed by atoms with Crippen LogP contribution < -0.4 is 0 Å². The zero-order valence-corrected chi connectivity index (χ0v) is 5.78. The van der Waals surface area contributed by atoms with E-state index in [1.54, 1.807) is 0 Å². The molecule has 0 heteroatoms. The maximum Gasteiger partial charge on any atom is 0.0302 e. The Kier molecular flexibility index (Phi) is 2.25. The Hall–Kier alpha value is 0. The Labute approximate surface area is 48.3 Å². The van der Waals surface area contributed by atoms with Gasteiger partial charge in [-0.1, -0.05) is 34.1 Å². The van der Waals surface area contributed by atoms with Crippen molar-refractivity contribution < 1.29 is 1.37 Å². The van der Waals surface area contributed by atoms with Crippen LogP contribution in [-0.4, -0.2) is 0 Å². The van der Waals surface area contributed by atoms with Gasteiger partial charge in [-0.15, -0.1) is 0 Å². The summed E-state index contributed by atoms with van der Waals surface area (Å²) in [7, 11) is 0. The summed E-state index contributed by atoms with van der Waals surface area (Å²) >= 11 is 0. The molecule has 44 valence electrons. The van der Waals surface area contributed by atoms with Gasteiger partial charge in [-0.3, -0.25) is 0 Å². The van der Waals surface area contributed by atoms with E-state index in [0.717, 1.165) is 6.42 Å². The molecule has 0 aliphatic heterocycles. The molecule has 0 fully saturated rings. The summed E-state index contributed by atoms with van der Waals surface area (Å²) in [4.78, 5) is 0. The minimum atomic E-state index is -0.208. The van der Waals surface area contributed by atoms with Gasteiger partial charge >= 0.3 is 0 Å². The van der Waals surface area contributed by atoms with Crippen LogP contribution in [0.3, 0.4) is 0 Å². The van der Waals surface area contributed by atoms with Gasteiger partial charge in [0.2, 0.25) is 0 Å². The molecule has 0 nitrogen and oxygen atoms in total. The Morgan fingerprint density at radius 1 is 1.43 bits per heavy atom. The Morgan fingerprint density at radius 2 is 1.86 bits per heavy atom. The number of hydrogen-bond acceptors (Lipinski definition) is 0. The third kappa shape index (κ3) is 2.67. The third-order valence-electron chi connectivity index (χ3n) is 1.54. The second-order valence-corrected chi connectivity index (χ2v) is 2.35. The van der Waals surface area contributed by atoms with E-state index in [1.165, 1.54) is 0 Å². The van der Waals surface area contributed by atoms with Gasteiger partial charge in [-0.05, 0) is 11.8 Å². The Bertz CT molecular complexity index is 64.8. The second-order valence-electron chi connectivity index (χ2n) is 2.35. The van der Waals surface area contributed by atoms with Crippen molar-refractivity contribution in [3.63, 3.8) is 0 Å². The van der Waals surface area contributed by atoms with Gasteiger partial charge < -0.3 is 0 Å². The summed E-state index contributed by atoms with van der Waals surface area (Å²) in [5, 5.41) is 0. The molecule has 0 aliphatic carbocycles. The Morgan fingerprint density at radius 3 is 1.86 bits per heavy atom. The summed E-state index contributed by atoms with van der Waals surface area (Å²) in [6.45, 7) is 8.23. The molecule has 0 aromatic carbocycles. The van der Waals surface area contributed by atoms with Gasteiger partial charge in [-0.2, -0.15) is 0 Å². The highest BCUT2D eigenvalue weighted by atomic mass is 14.1.